The number of hydrogen-bond donors (Lipinski definition) is 1. The molecule has 0 aliphatic heterocycles. The number of allylic oxidation sites excluding steroid dienone is 3. The minimum Gasteiger partial charge on any atom is -0.392 e. The van der Waals surface area contributed by atoms with Gasteiger partial charge in [0.1, 0.15) is 0 Å². The highest BCUT2D eigenvalue weighted by Gasteiger charge is 1.83. The molecular weight excluding hydrogens is 124 g/mol. The number of aliphatic hydroxyl groups is 1. The molecule has 0 rings (SSSR count). The zero-order chi connectivity index (χ0) is 7.98. The first-order valence-corrected chi connectivity index (χ1v) is 3.56. The van der Waals surface area contributed by atoms with Gasteiger partial charge in [0.25, 0.3) is 0 Å². The lowest BCUT2D eigenvalue weighted by molar-refractivity contribution is 0.341. The van der Waals surface area contributed by atoms with Crippen LogP contribution >= 0.6 is 0 Å². The zero-order valence-electron chi connectivity index (χ0n) is 7.02. The van der Waals surface area contributed by atoms with Crippen molar-refractivity contribution in [3.8, 4) is 0 Å². The number of hydrogen-bond acceptors (Lipinski definition) is 1. The van der Waals surface area contributed by atoms with E-state index in [4.69, 9.17) is 5.11 Å². The quantitative estimate of drug-likeness (QED) is 0.596. The second kappa shape index (κ2) is 5.24. The minimum atomic E-state index is 0.155. The monoisotopic (exact) mass is 140 g/mol. The van der Waals surface area contributed by atoms with Crippen molar-refractivity contribution >= 4 is 0 Å². The van der Waals surface area contributed by atoms with Crippen LogP contribution in [0.25, 0.3) is 0 Å². The molecule has 0 atom stereocenters. The van der Waals surface area contributed by atoms with Crippen LogP contribution < -0.4 is 0 Å². The van der Waals surface area contributed by atoms with Crippen LogP contribution in [-0.2, 0) is 0 Å². The summed E-state index contributed by atoms with van der Waals surface area (Å²) in [5.41, 5.74) is 2.55. The van der Waals surface area contributed by atoms with Crippen molar-refractivity contribution in [1.29, 1.82) is 0 Å². The van der Waals surface area contributed by atoms with E-state index in [2.05, 4.69) is 19.9 Å². The Morgan fingerprint density at radius 3 is 2.20 bits per heavy atom. The fourth-order valence-electron chi connectivity index (χ4n) is 0.604. The summed E-state index contributed by atoms with van der Waals surface area (Å²) in [6.07, 6.45) is 4.95. The molecule has 0 fully saturated rings. The molecule has 0 radical (unpaired) electrons. The van der Waals surface area contributed by atoms with Gasteiger partial charge in [-0.2, -0.15) is 0 Å². The van der Waals surface area contributed by atoms with E-state index in [0.29, 0.717) is 0 Å². The van der Waals surface area contributed by atoms with Gasteiger partial charge in [0.15, 0.2) is 0 Å². The summed E-state index contributed by atoms with van der Waals surface area (Å²) in [5, 5.41) is 8.50. The standard InChI is InChI=1S/C9H16O/c1-8(2)4-5-9(3)6-7-10/h4,6,10H,5,7H2,1-3H3/b9-6-. The van der Waals surface area contributed by atoms with Crippen molar-refractivity contribution < 1.29 is 5.11 Å². The Morgan fingerprint density at radius 2 is 1.80 bits per heavy atom. The molecule has 0 bridgehead atoms. The summed E-state index contributed by atoms with van der Waals surface area (Å²) in [6.45, 7) is 6.33. The van der Waals surface area contributed by atoms with Gasteiger partial charge in [0, 0.05) is 0 Å². The fourth-order valence-corrected chi connectivity index (χ4v) is 0.604. The third-order valence-electron chi connectivity index (χ3n) is 1.27. The van der Waals surface area contributed by atoms with E-state index in [1.165, 1.54) is 11.1 Å². The molecule has 10 heavy (non-hydrogen) atoms. The molecule has 0 aromatic rings. The van der Waals surface area contributed by atoms with E-state index in [-0.39, 0.29) is 6.61 Å². The predicted octanol–water partition coefficient (Wildman–Crippen LogP) is 2.28. The normalized spacial score (nSPS) is 11.4. The van der Waals surface area contributed by atoms with Crippen molar-refractivity contribution in [2.24, 2.45) is 0 Å². The molecule has 0 aliphatic rings. The van der Waals surface area contributed by atoms with E-state index >= 15 is 0 Å². The molecular formula is C9H16O. The molecule has 1 heteroatoms. The highest BCUT2D eigenvalue weighted by Crippen LogP contribution is 2.02. The summed E-state index contributed by atoms with van der Waals surface area (Å²) in [5.74, 6) is 0. The van der Waals surface area contributed by atoms with E-state index in [1.54, 1.807) is 0 Å². The predicted molar refractivity (Wildman–Crippen MR) is 44.9 cm³/mol. The Morgan fingerprint density at radius 1 is 1.20 bits per heavy atom. The molecule has 0 saturated heterocycles. The highest BCUT2D eigenvalue weighted by molar-refractivity contribution is 5.07. The third kappa shape index (κ3) is 5.57. The summed E-state index contributed by atoms with van der Waals surface area (Å²) in [6, 6.07) is 0. The van der Waals surface area contributed by atoms with Crippen molar-refractivity contribution in [1.82, 2.24) is 0 Å². The molecule has 1 N–H and O–H groups in total. The van der Waals surface area contributed by atoms with Crippen LogP contribution in [0.15, 0.2) is 23.3 Å². The lowest BCUT2D eigenvalue weighted by Crippen LogP contribution is -1.78. The molecule has 0 amide bonds. The van der Waals surface area contributed by atoms with Crippen LogP contribution in [0, 0.1) is 0 Å². The molecule has 0 aliphatic carbocycles. The largest absolute Gasteiger partial charge is 0.392 e. The second-order valence-corrected chi connectivity index (χ2v) is 2.72. The van der Waals surface area contributed by atoms with Gasteiger partial charge in [-0.25, -0.2) is 0 Å². The lowest BCUT2D eigenvalue weighted by atomic mass is 10.1. The van der Waals surface area contributed by atoms with E-state index < -0.39 is 0 Å². The van der Waals surface area contributed by atoms with Gasteiger partial charge in [-0.1, -0.05) is 23.3 Å². The molecule has 58 valence electrons. The molecule has 0 aromatic heterocycles. The summed E-state index contributed by atoms with van der Waals surface area (Å²) in [4.78, 5) is 0. The Kier molecular flexibility index (Phi) is 4.95. The van der Waals surface area contributed by atoms with Gasteiger partial charge in [-0.3, -0.25) is 0 Å². The lowest BCUT2D eigenvalue weighted by Gasteiger charge is -1.94. The van der Waals surface area contributed by atoms with Crippen LogP contribution in [0.1, 0.15) is 27.2 Å². The highest BCUT2D eigenvalue weighted by atomic mass is 16.2. The van der Waals surface area contributed by atoms with Crippen LogP contribution in [0.5, 0.6) is 0 Å². The molecule has 0 saturated carbocycles. The van der Waals surface area contributed by atoms with Gasteiger partial charge < -0.3 is 5.11 Å². The summed E-state index contributed by atoms with van der Waals surface area (Å²) in [7, 11) is 0. The maximum absolute atomic E-state index is 8.50. The van der Waals surface area contributed by atoms with Crippen molar-refractivity contribution in [3.63, 3.8) is 0 Å². The fraction of sp³-hybridized carbons (Fsp3) is 0.556. The van der Waals surface area contributed by atoms with E-state index in [9.17, 15) is 0 Å². The van der Waals surface area contributed by atoms with Crippen molar-refractivity contribution in [2.45, 2.75) is 27.2 Å². The molecule has 0 heterocycles. The Labute approximate surface area is 63.1 Å². The zero-order valence-corrected chi connectivity index (χ0v) is 7.02. The average Bonchev–Trinajstić information content (AvgIpc) is 1.85. The van der Waals surface area contributed by atoms with Crippen molar-refractivity contribution in [2.75, 3.05) is 6.61 Å². The van der Waals surface area contributed by atoms with Crippen LogP contribution in [0.3, 0.4) is 0 Å². The second-order valence-electron chi connectivity index (χ2n) is 2.72. The Balaban J connectivity index is 3.69. The molecule has 1 nitrogen and oxygen atoms in total. The number of aliphatic hydroxyl groups excluding tert-OH is 1. The van der Waals surface area contributed by atoms with Crippen LogP contribution in [-0.4, -0.2) is 11.7 Å². The van der Waals surface area contributed by atoms with Crippen LogP contribution in [0.2, 0.25) is 0 Å². The first-order valence-electron chi connectivity index (χ1n) is 3.56. The summed E-state index contributed by atoms with van der Waals surface area (Å²) < 4.78 is 0. The molecule has 0 aromatic carbocycles. The van der Waals surface area contributed by atoms with Gasteiger partial charge in [0.2, 0.25) is 0 Å². The maximum atomic E-state index is 8.50. The van der Waals surface area contributed by atoms with Gasteiger partial charge in [-0.05, 0) is 27.2 Å². The molecule has 0 unspecified atom stereocenters. The summed E-state index contributed by atoms with van der Waals surface area (Å²) >= 11 is 0. The minimum absolute atomic E-state index is 0.155. The Bertz CT molecular complexity index is 139. The van der Waals surface area contributed by atoms with Crippen molar-refractivity contribution in [3.05, 3.63) is 23.3 Å². The first kappa shape index (κ1) is 9.44. The van der Waals surface area contributed by atoms with E-state index in [0.717, 1.165) is 6.42 Å². The average molecular weight is 140 g/mol. The van der Waals surface area contributed by atoms with E-state index in [1.807, 2.05) is 13.0 Å². The Hall–Kier alpha value is -0.560. The molecule has 0 spiro atoms. The third-order valence-corrected chi connectivity index (χ3v) is 1.27. The van der Waals surface area contributed by atoms with Gasteiger partial charge in [-0.15, -0.1) is 0 Å². The van der Waals surface area contributed by atoms with Gasteiger partial charge in [0.05, 0.1) is 6.61 Å². The topological polar surface area (TPSA) is 20.2 Å². The maximum Gasteiger partial charge on any atom is 0.0615 e. The smallest absolute Gasteiger partial charge is 0.0615 e. The first-order chi connectivity index (χ1) is 4.66. The van der Waals surface area contributed by atoms with Gasteiger partial charge >= 0.3 is 0 Å². The number of rotatable bonds is 3. The van der Waals surface area contributed by atoms with Crippen LogP contribution in [0.4, 0.5) is 0 Å². The SMILES string of the molecule is CC(C)=CC/C(C)=C\CO.